The number of benzene rings is 3. The Labute approximate surface area is 151 Å². The van der Waals surface area contributed by atoms with Crippen molar-refractivity contribution < 1.29 is 14.6 Å². The zero-order valence-corrected chi connectivity index (χ0v) is 14.2. The van der Waals surface area contributed by atoms with Crippen molar-refractivity contribution in [2.45, 2.75) is 12.5 Å². The lowest BCUT2D eigenvalue weighted by molar-refractivity contribution is -0.145. The Hall–Kier alpha value is -2.78. The van der Waals surface area contributed by atoms with Crippen molar-refractivity contribution in [1.82, 2.24) is 0 Å². The normalized spacial score (nSPS) is 11.7. The largest absolute Gasteiger partial charge is 0.478 e. The second-order valence-electron chi connectivity index (χ2n) is 5.63. The van der Waals surface area contributed by atoms with Crippen LogP contribution in [0.5, 0.6) is 5.75 Å². The smallest absolute Gasteiger partial charge is 0.345 e. The van der Waals surface area contributed by atoms with Gasteiger partial charge in [0.25, 0.3) is 0 Å². The molecule has 126 valence electrons. The van der Waals surface area contributed by atoms with Crippen LogP contribution in [0.15, 0.2) is 78.9 Å². The van der Waals surface area contributed by atoms with Crippen molar-refractivity contribution in [2.24, 2.45) is 0 Å². The van der Waals surface area contributed by atoms with Crippen molar-refractivity contribution >= 4 is 17.6 Å². The molecule has 1 atom stereocenters. The van der Waals surface area contributed by atoms with Gasteiger partial charge in [-0.15, -0.1) is 0 Å². The first kappa shape index (κ1) is 17.1. The highest BCUT2D eigenvalue weighted by molar-refractivity contribution is 6.31. The van der Waals surface area contributed by atoms with E-state index in [9.17, 15) is 9.90 Å². The molecule has 0 fully saturated rings. The SMILES string of the molecule is O=C(O)C(Cc1ccccc1Cl)Oc1ccc(-c2ccccc2)cc1. The van der Waals surface area contributed by atoms with Gasteiger partial charge in [0.2, 0.25) is 0 Å². The van der Waals surface area contributed by atoms with Gasteiger partial charge < -0.3 is 9.84 Å². The minimum absolute atomic E-state index is 0.204. The fourth-order valence-corrected chi connectivity index (χ4v) is 2.78. The average molecular weight is 353 g/mol. The van der Waals surface area contributed by atoms with E-state index in [2.05, 4.69) is 0 Å². The summed E-state index contributed by atoms with van der Waals surface area (Å²) in [6.45, 7) is 0. The first-order valence-electron chi connectivity index (χ1n) is 7.92. The Morgan fingerprint density at radius 3 is 2.12 bits per heavy atom. The molecule has 0 aliphatic rings. The molecular formula is C21H17ClO3. The van der Waals surface area contributed by atoms with E-state index in [1.54, 1.807) is 24.3 Å². The van der Waals surface area contributed by atoms with Gasteiger partial charge in [-0.2, -0.15) is 0 Å². The second kappa shape index (κ2) is 7.86. The number of halogens is 1. The zero-order valence-electron chi connectivity index (χ0n) is 13.4. The van der Waals surface area contributed by atoms with Crippen LogP contribution in [0.3, 0.4) is 0 Å². The third-order valence-electron chi connectivity index (χ3n) is 3.88. The lowest BCUT2D eigenvalue weighted by Gasteiger charge is -2.16. The molecule has 0 amide bonds. The number of carboxylic acid groups (broad SMARTS) is 1. The number of hydrogen-bond donors (Lipinski definition) is 1. The van der Waals surface area contributed by atoms with Crippen LogP contribution in [0.4, 0.5) is 0 Å². The number of hydrogen-bond acceptors (Lipinski definition) is 2. The molecule has 0 aliphatic heterocycles. The second-order valence-corrected chi connectivity index (χ2v) is 6.04. The monoisotopic (exact) mass is 352 g/mol. The molecule has 0 bridgehead atoms. The lowest BCUT2D eigenvalue weighted by Crippen LogP contribution is -2.29. The first-order valence-corrected chi connectivity index (χ1v) is 8.29. The summed E-state index contributed by atoms with van der Waals surface area (Å²) in [6.07, 6.45) is -0.794. The van der Waals surface area contributed by atoms with Gasteiger partial charge in [-0.25, -0.2) is 4.79 Å². The molecule has 4 heteroatoms. The molecule has 25 heavy (non-hydrogen) atoms. The Kier molecular flexibility index (Phi) is 5.36. The summed E-state index contributed by atoms with van der Waals surface area (Å²) in [5, 5.41) is 9.99. The van der Waals surface area contributed by atoms with E-state index in [1.165, 1.54) is 0 Å². The lowest BCUT2D eigenvalue weighted by atomic mass is 10.1. The van der Waals surface area contributed by atoms with Crippen molar-refractivity contribution in [2.75, 3.05) is 0 Å². The summed E-state index contributed by atoms with van der Waals surface area (Å²) >= 11 is 6.12. The van der Waals surface area contributed by atoms with Gasteiger partial charge >= 0.3 is 5.97 Å². The van der Waals surface area contributed by atoms with Crippen LogP contribution >= 0.6 is 11.6 Å². The molecule has 1 unspecified atom stereocenters. The van der Waals surface area contributed by atoms with Gasteiger partial charge in [0.05, 0.1) is 0 Å². The molecule has 0 spiro atoms. The van der Waals surface area contributed by atoms with E-state index in [0.29, 0.717) is 10.8 Å². The molecule has 0 aliphatic carbocycles. The van der Waals surface area contributed by atoms with E-state index in [0.717, 1.165) is 16.7 Å². The molecular weight excluding hydrogens is 336 g/mol. The summed E-state index contributed by atoms with van der Waals surface area (Å²) < 4.78 is 5.67. The quantitative estimate of drug-likeness (QED) is 0.672. The topological polar surface area (TPSA) is 46.5 Å². The first-order chi connectivity index (χ1) is 12.1. The number of carboxylic acids is 1. The molecule has 3 aromatic rings. The molecule has 0 saturated carbocycles. The molecule has 0 aromatic heterocycles. The predicted octanol–water partition coefficient (Wildman–Crippen LogP) is 5.08. The molecule has 3 nitrogen and oxygen atoms in total. The van der Waals surface area contributed by atoms with E-state index in [1.807, 2.05) is 54.6 Å². The maximum Gasteiger partial charge on any atom is 0.345 e. The fourth-order valence-electron chi connectivity index (χ4n) is 2.56. The predicted molar refractivity (Wildman–Crippen MR) is 99.1 cm³/mol. The molecule has 0 heterocycles. The number of rotatable bonds is 6. The van der Waals surface area contributed by atoms with Crippen LogP contribution in [0.2, 0.25) is 5.02 Å². The van der Waals surface area contributed by atoms with Crippen molar-refractivity contribution in [1.29, 1.82) is 0 Å². The van der Waals surface area contributed by atoms with Gasteiger partial charge in [-0.05, 0) is 34.9 Å². The summed E-state index contributed by atoms with van der Waals surface area (Å²) in [5.41, 5.74) is 2.89. The highest BCUT2D eigenvalue weighted by atomic mass is 35.5. The summed E-state index contributed by atoms with van der Waals surface area (Å²) in [4.78, 5) is 11.5. The average Bonchev–Trinajstić information content (AvgIpc) is 2.64. The molecule has 3 rings (SSSR count). The van der Waals surface area contributed by atoms with Gasteiger partial charge in [0.15, 0.2) is 6.10 Å². The number of aliphatic carboxylic acids is 1. The zero-order chi connectivity index (χ0) is 17.6. The fraction of sp³-hybridized carbons (Fsp3) is 0.0952. The van der Waals surface area contributed by atoms with Crippen LogP contribution in [-0.4, -0.2) is 17.2 Å². The van der Waals surface area contributed by atoms with Crippen molar-refractivity contribution in [3.8, 4) is 16.9 Å². The van der Waals surface area contributed by atoms with Gasteiger partial charge in [0.1, 0.15) is 5.75 Å². The Balaban J connectivity index is 1.74. The van der Waals surface area contributed by atoms with Crippen molar-refractivity contribution in [3.05, 3.63) is 89.4 Å². The minimum atomic E-state index is -1.02. The summed E-state index contributed by atoms with van der Waals surface area (Å²) in [5.74, 6) is -0.508. The van der Waals surface area contributed by atoms with Gasteiger partial charge in [0, 0.05) is 11.4 Å². The van der Waals surface area contributed by atoms with Crippen LogP contribution in [0, 0.1) is 0 Å². The van der Waals surface area contributed by atoms with E-state index >= 15 is 0 Å². The van der Waals surface area contributed by atoms with Crippen molar-refractivity contribution in [3.63, 3.8) is 0 Å². The Morgan fingerprint density at radius 2 is 1.48 bits per heavy atom. The molecule has 1 N–H and O–H groups in total. The van der Waals surface area contributed by atoms with Crippen LogP contribution in [-0.2, 0) is 11.2 Å². The maximum atomic E-state index is 11.5. The third-order valence-corrected chi connectivity index (χ3v) is 4.25. The van der Waals surface area contributed by atoms with E-state index in [-0.39, 0.29) is 6.42 Å². The van der Waals surface area contributed by atoms with Crippen LogP contribution in [0.1, 0.15) is 5.56 Å². The molecule has 3 aromatic carbocycles. The number of carbonyl (C=O) groups is 1. The maximum absolute atomic E-state index is 11.5. The van der Waals surface area contributed by atoms with Crippen LogP contribution < -0.4 is 4.74 Å². The number of ether oxygens (including phenoxy) is 1. The minimum Gasteiger partial charge on any atom is -0.478 e. The molecule has 0 saturated heterocycles. The van der Waals surface area contributed by atoms with Crippen LogP contribution in [0.25, 0.3) is 11.1 Å². The summed E-state index contributed by atoms with van der Waals surface area (Å²) in [7, 11) is 0. The third kappa shape index (κ3) is 4.40. The molecule has 0 radical (unpaired) electrons. The summed E-state index contributed by atoms with van der Waals surface area (Å²) in [6, 6.07) is 24.5. The Morgan fingerprint density at radius 1 is 0.880 bits per heavy atom. The highest BCUT2D eigenvalue weighted by Crippen LogP contribution is 2.24. The Bertz CT molecular complexity index is 845. The highest BCUT2D eigenvalue weighted by Gasteiger charge is 2.21. The van der Waals surface area contributed by atoms with E-state index in [4.69, 9.17) is 16.3 Å². The standard InChI is InChI=1S/C21H17ClO3/c22-19-9-5-4-8-17(19)14-20(21(23)24)25-18-12-10-16(11-13-18)15-6-2-1-3-7-15/h1-13,20H,14H2,(H,23,24). The van der Waals surface area contributed by atoms with Gasteiger partial charge in [-0.1, -0.05) is 72.3 Å². The van der Waals surface area contributed by atoms with Gasteiger partial charge in [-0.3, -0.25) is 0 Å². The van der Waals surface area contributed by atoms with E-state index < -0.39 is 12.1 Å².